The zero-order valence-corrected chi connectivity index (χ0v) is 18.2. The van der Waals surface area contributed by atoms with Crippen LogP contribution in [-0.2, 0) is 28.7 Å². The van der Waals surface area contributed by atoms with Gasteiger partial charge in [0.15, 0.2) is 5.12 Å². The van der Waals surface area contributed by atoms with Gasteiger partial charge in [0, 0.05) is 25.5 Å². The van der Waals surface area contributed by atoms with Crippen LogP contribution in [0, 0.1) is 0 Å². The number of rotatable bonds is 10. The zero-order chi connectivity index (χ0) is 23.9. The normalized spacial score (nSPS) is 11.2. The second-order valence-corrected chi connectivity index (χ2v) is 8.07. The summed E-state index contributed by atoms with van der Waals surface area (Å²) in [6.45, 7) is 6.02. The minimum atomic E-state index is -1.24. The Balaban J connectivity index is 0. The number of carbonyl (C=O) groups excluding carboxylic acids is 4. The summed E-state index contributed by atoms with van der Waals surface area (Å²) in [5.74, 6) is -2.90. The van der Waals surface area contributed by atoms with E-state index in [0.717, 1.165) is 11.8 Å². The lowest BCUT2D eigenvalue weighted by Gasteiger charge is -2.21. The number of alkyl carbamates (subject to hydrolysis) is 1. The summed E-state index contributed by atoms with van der Waals surface area (Å²) in [5.41, 5.74) is 4.19. The molecule has 0 rings (SSSR count). The van der Waals surface area contributed by atoms with Crippen LogP contribution in [-0.4, -0.2) is 69.1 Å². The lowest BCUT2D eigenvalue weighted by molar-refractivity contribution is -0.140. The average Bonchev–Trinajstić information content (AvgIpc) is 2.55. The van der Waals surface area contributed by atoms with E-state index in [1.807, 2.05) is 0 Å². The highest BCUT2D eigenvalue weighted by Gasteiger charge is 2.24. The van der Waals surface area contributed by atoms with E-state index in [0.29, 0.717) is 5.75 Å². The van der Waals surface area contributed by atoms with Crippen LogP contribution in [0.2, 0.25) is 0 Å². The Bertz CT molecular complexity index is 632. The number of carboxylic acids is 2. The Hall–Kier alpha value is -2.83. The van der Waals surface area contributed by atoms with Crippen molar-refractivity contribution in [3.63, 3.8) is 0 Å². The maximum absolute atomic E-state index is 11.3. The molecule has 30 heavy (non-hydrogen) atoms. The van der Waals surface area contributed by atoms with E-state index in [9.17, 15) is 28.8 Å². The van der Waals surface area contributed by atoms with Gasteiger partial charge in [-0.1, -0.05) is 11.8 Å². The van der Waals surface area contributed by atoms with E-state index in [4.69, 9.17) is 20.7 Å². The third-order valence-corrected chi connectivity index (χ3v) is 3.55. The number of hydrogen-bond acceptors (Lipinski definition) is 8. The molecular weight excluding hydrogens is 422 g/mol. The number of aliphatic carboxylic acids is 2. The van der Waals surface area contributed by atoms with Crippen LogP contribution in [0.5, 0.6) is 0 Å². The molecule has 0 aromatic heterocycles. The second-order valence-electron chi connectivity index (χ2n) is 6.80. The van der Waals surface area contributed by atoms with Crippen molar-refractivity contribution in [1.82, 2.24) is 10.6 Å². The van der Waals surface area contributed by atoms with E-state index >= 15 is 0 Å². The van der Waals surface area contributed by atoms with Gasteiger partial charge in [-0.25, -0.2) is 9.59 Å². The molecule has 0 saturated heterocycles. The third kappa shape index (κ3) is 21.5. The lowest BCUT2D eigenvalue weighted by Crippen LogP contribution is -2.43. The first-order valence-corrected chi connectivity index (χ1v) is 9.75. The summed E-state index contributed by atoms with van der Waals surface area (Å²) in [6.07, 6.45) is -0.858. The molecule has 0 unspecified atom stereocenters. The summed E-state index contributed by atoms with van der Waals surface area (Å²) in [7, 11) is 0. The van der Waals surface area contributed by atoms with Gasteiger partial charge < -0.3 is 31.3 Å². The fourth-order valence-corrected chi connectivity index (χ4v) is 2.12. The minimum absolute atomic E-state index is 0.0500. The number of ether oxygens (including phenoxy) is 1. The van der Waals surface area contributed by atoms with Gasteiger partial charge in [-0.15, -0.1) is 0 Å². The van der Waals surface area contributed by atoms with E-state index in [1.54, 1.807) is 20.8 Å². The fraction of sp³-hybridized carbons (Fsp3) is 0.647. The van der Waals surface area contributed by atoms with Crippen molar-refractivity contribution in [3.8, 4) is 0 Å². The van der Waals surface area contributed by atoms with Gasteiger partial charge in [0.25, 0.3) is 0 Å². The van der Waals surface area contributed by atoms with Gasteiger partial charge in [0.05, 0.1) is 0 Å². The number of amides is 3. The summed E-state index contributed by atoms with van der Waals surface area (Å²) >= 11 is 1.05. The molecule has 3 amide bonds. The Morgan fingerprint density at radius 1 is 1.07 bits per heavy atom. The average molecular weight is 451 g/mol. The quantitative estimate of drug-likeness (QED) is 0.303. The van der Waals surface area contributed by atoms with Gasteiger partial charge in [-0.05, 0) is 27.2 Å². The Morgan fingerprint density at radius 2 is 1.63 bits per heavy atom. The van der Waals surface area contributed by atoms with E-state index < -0.39 is 35.6 Å². The maximum atomic E-state index is 11.3. The van der Waals surface area contributed by atoms with Crippen LogP contribution in [0.3, 0.4) is 0 Å². The molecule has 0 heterocycles. The van der Waals surface area contributed by atoms with Gasteiger partial charge >= 0.3 is 18.0 Å². The number of thioether (sulfide) groups is 1. The molecule has 0 bridgehead atoms. The summed E-state index contributed by atoms with van der Waals surface area (Å²) in [4.78, 5) is 63.9. The molecule has 0 fully saturated rings. The predicted molar refractivity (Wildman–Crippen MR) is 108 cm³/mol. The number of carbonyl (C=O) groups is 6. The molecule has 0 aromatic carbocycles. The van der Waals surface area contributed by atoms with Crippen molar-refractivity contribution in [3.05, 3.63) is 0 Å². The first-order chi connectivity index (χ1) is 13.6. The first kappa shape index (κ1) is 29.4. The highest BCUT2D eigenvalue weighted by molar-refractivity contribution is 8.13. The van der Waals surface area contributed by atoms with Gasteiger partial charge in [-0.3, -0.25) is 19.2 Å². The number of nitrogens with two attached hydrogens (primary N) is 1. The Kier molecular flexibility index (Phi) is 14.8. The topological polar surface area (TPSA) is 202 Å². The van der Waals surface area contributed by atoms with E-state index in [1.165, 1.54) is 6.92 Å². The number of primary amides is 1. The minimum Gasteiger partial charge on any atom is -0.480 e. The molecular formula is C17H29N3O9S. The second kappa shape index (κ2) is 15.1. The molecule has 1 atom stereocenters. The predicted octanol–water partition coefficient (Wildman–Crippen LogP) is 0.0868. The third-order valence-electron chi connectivity index (χ3n) is 2.74. The highest BCUT2D eigenvalue weighted by atomic mass is 32.2. The number of hydrogen-bond donors (Lipinski definition) is 5. The molecule has 0 aliphatic heterocycles. The van der Waals surface area contributed by atoms with Crippen molar-refractivity contribution in [1.29, 1.82) is 0 Å². The van der Waals surface area contributed by atoms with Gasteiger partial charge in [0.2, 0.25) is 11.8 Å². The highest BCUT2D eigenvalue weighted by Crippen LogP contribution is 2.07. The monoisotopic (exact) mass is 451 g/mol. The van der Waals surface area contributed by atoms with Crippen LogP contribution in [0.15, 0.2) is 0 Å². The SMILES string of the molecule is CC(=O)SCCC(=O)NCC(=O)O.CC(C)(C)OC(=O)N[C@@H](CCC(N)=O)C(=O)O. The van der Waals surface area contributed by atoms with Crippen molar-refractivity contribution in [2.24, 2.45) is 5.73 Å². The molecule has 0 aliphatic rings. The van der Waals surface area contributed by atoms with E-state index in [-0.39, 0.29) is 36.8 Å². The molecule has 0 radical (unpaired) electrons. The molecule has 12 nitrogen and oxygen atoms in total. The van der Waals surface area contributed by atoms with Gasteiger partial charge in [0.1, 0.15) is 18.2 Å². The summed E-state index contributed by atoms with van der Waals surface area (Å²) in [5, 5.41) is 21.3. The summed E-state index contributed by atoms with van der Waals surface area (Å²) < 4.78 is 4.90. The molecule has 0 aliphatic carbocycles. The fourth-order valence-electron chi connectivity index (χ4n) is 1.54. The molecule has 172 valence electrons. The molecule has 13 heteroatoms. The standard InChI is InChI=1S/C10H18N2O5.C7H11NO4S/c1-10(2,3)17-9(16)12-6(8(14)15)4-5-7(11)13;1-5(9)13-3-2-6(10)8-4-7(11)12/h6H,4-5H2,1-3H3,(H2,11,13)(H,12,16)(H,14,15);2-4H2,1H3,(H,8,10)(H,11,12)/t6-;/m0./s1. The molecule has 0 spiro atoms. The molecule has 0 aromatic rings. The van der Waals surface area contributed by atoms with Crippen molar-refractivity contribution < 1.29 is 43.7 Å². The first-order valence-electron chi connectivity index (χ1n) is 8.76. The van der Waals surface area contributed by atoms with Crippen LogP contribution in [0.1, 0.15) is 47.0 Å². The maximum Gasteiger partial charge on any atom is 0.408 e. The van der Waals surface area contributed by atoms with E-state index in [2.05, 4.69) is 10.6 Å². The molecule has 6 N–H and O–H groups in total. The van der Waals surface area contributed by atoms with Crippen LogP contribution < -0.4 is 16.4 Å². The Labute approximate surface area is 178 Å². The number of carboxylic acid groups (broad SMARTS) is 2. The molecule has 0 saturated carbocycles. The lowest BCUT2D eigenvalue weighted by atomic mass is 10.1. The van der Waals surface area contributed by atoms with Crippen LogP contribution in [0.4, 0.5) is 4.79 Å². The van der Waals surface area contributed by atoms with Crippen molar-refractivity contribution >= 4 is 46.7 Å². The zero-order valence-electron chi connectivity index (χ0n) is 17.4. The Morgan fingerprint density at radius 3 is 2.03 bits per heavy atom. The van der Waals surface area contributed by atoms with Crippen molar-refractivity contribution in [2.75, 3.05) is 12.3 Å². The van der Waals surface area contributed by atoms with Gasteiger partial charge in [-0.2, -0.15) is 0 Å². The smallest absolute Gasteiger partial charge is 0.408 e. The largest absolute Gasteiger partial charge is 0.480 e. The summed E-state index contributed by atoms with van der Waals surface area (Å²) in [6, 6.07) is -1.18. The van der Waals surface area contributed by atoms with Crippen molar-refractivity contribution in [2.45, 2.75) is 58.6 Å². The van der Waals surface area contributed by atoms with Crippen LogP contribution >= 0.6 is 11.8 Å². The number of nitrogens with one attached hydrogen (secondary N) is 2. The van der Waals surface area contributed by atoms with Crippen LogP contribution in [0.25, 0.3) is 0 Å².